The molecule has 0 unspecified atom stereocenters. The van der Waals surface area contributed by atoms with Crippen LogP contribution in [0, 0.1) is 0 Å². The molecular weight excluding hydrogens is 226 g/mol. The third kappa shape index (κ3) is 3.08. The second-order valence-electron chi connectivity index (χ2n) is 4.13. The molecule has 0 bridgehead atoms. The van der Waals surface area contributed by atoms with E-state index in [0.717, 1.165) is 23.7 Å². The Kier molecular flexibility index (Phi) is 4.31. The molecule has 0 aliphatic carbocycles. The van der Waals surface area contributed by atoms with Gasteiger partial charge in [-0.3, -0.25) is 4.79 Å². The minimum absolute atomic E-state index is 0.247. The van der Waals surface area contributed by atoms with Crippen molar-refractivity contribution in [1.29, 1.82) is 0 Å². The normalized spacial score (nSPS) is 10.5. The van der Waals surface area contributed by atoms with E-state index < -0.39 is 0 Å². The lowest BCUT2D eigenvalue weighted by molar-refractivity contribution is -0.133. The molecule has 18 heavy (non-hydrogen) atoms. The van der Waals surface area contributed by atoms with E-state index >= 15 is 0 Å². The molecule has 0 aliphatic rings. The number of rotatable bonds is 5. The number of hydrogen-bond donors (Lipinski definition) is 1. The van der Waals surface area contributed by atoms with E-state index in [2.05, 4.69) is 12.2 Å². The number of esters is 1. The second kappa shape index (κ2) is 6.17. The van der Waals surface area contributed by atoms with Crippen molar-refractivity contribution in [3.63, 3.8) is 0 Å². The van der Waals surface area contributed by atoms with Crippen molar-refractivity contribution >= 4 is 16.7 Å². The van der Waals surface area contributed by atoms with Gasteiger partial charge < -0.3 is 10.1 Å². The predicted octanol–water partition coefficient (Wildman–Crippen LogP) is 2.74. The lowest BCUT2D eigenvalue weighted by Gasteiger charge is -2.08. The molecular formula is C15H17NO2. The molecule has 0 amide bonds. The first-order valence-corrected chi connectivity index (χ1v) is 6.20. The molecule has 94 valence electrons. The smallest absolute Gasteiger partial charge is 0.325 e. The Hall–Kier alpha value is -1.87. The first kappa shape index (κ1) is 12.6. The zero-order valence-electron chi connectivity index (χ0n) is 10.5. The first-order valence-electron chi connectivity index (χ1n) is 6.20. The highest BCUT2D eigenvalue weighted by molar-refractivity contribution is 5.90. The summed E-state index contributed by atoms with van der Waals surface area (Å²) in [5.41, 5.74) is 0. The van der Waals surface area contributed by atoms with Gasteiger partial charge >= 0.3 is 5.97 Å². The molecule has 0 atom stereocenters. The van der Waals surface area contributed by atoms with Crippen molar-refractivity contribution in [3.8, 4) is 5.75 Å². The van der Waals surface area contributed by atoms with E-state index in [4.69, 9.17) is 4.74 Å². The van der Waals surface area contributed by atoms with Crippen LogP contribution in [0.1, 0.15) is 13.3 Å². The molecule has 3 nitrogen and oxygen atoms in total. The molecule has 0 saturated carbocycles. The van der Waals surface area contributed by atoms with Gasteiger partial charge in [0.05, 0.1) is 6.54 Å². The number of nitrogens with one attached hydrogen (secondary N) is 1. The second-order valence-corrected chi connectivity index (χ2v) is 4.13. The predicted molar refractivity (Wildman–Crippen MR) is 72.7 cm³/mol. The van der Waals surface area contributed by atoms with Crippen LogP contribution < -0.4 is 10.1 Å². The van der Waals surface area contributed by atoms with Crippen LogP contribution >= 0.6 is 0 Å². The molecule has 0 spiro atoms. The molecule has 2 aromatic rings. The first-order chi connectivity index (χ1) is 8.81. The summed E-state index contributed by atoms with van der Waals surface area (Å²) in [5, 5.41) is 5.06. The number of fused-ring (bicyclic) bond motifs is 1. The third-order valence-electron chi connectivity index (χ3n) is 2.67. The summed E-state index contributed by atoms with van der Waals surface area (Å²) in [5.74, 6) is 0.371. The third-order valence-corrected chi connectivity index (χ3v) is 2.67. The quantitative estimate of drug-likeness (QED) is 0.498. The Labute approximate surface area is 107 Å². The van der Waals surface area contributed by atoms with Gasteiger partial charge in [-0.2, -0.15) is 0 Å². The zero-order chi connectivity index (χ0) is 12.8. The van der Waals surface area contributed by atoms with Crippen LogP contribution in [0.5, 0.6) is 5.75 Å². The van der Waals surface area contributed by atoms with Crippen LogP contribution in [0.2, 0.25) is 0 Å². The number of hydrogen-bond acceptors (Lipinski definition) is 3. The van der Waals surface area contributed by atoms with Crippen molar-refractivity contribution < 1.29 is 9.53 Å². The summed E-state index contributed by atoms with van der Waals surface area (Å²) >= 11 is 0. The van der Waals surface area contributed by atoms with Gasteiger partial charge in [0.15, 0.2) is 0 Å². The highest BCUT2D eigenvalue weighted by Crippen LogP contribution is 2.24. The average Bonchev–Trinajstić information content (AvgIpc) is 2.39. The summed E-state index contributed by atoms with van der Waals surface area (Å²) in [6.07, 6.45) is 1.00. The summed E-state index contributed by atoms with van der Waals surface area (Å²) in [6.45, 7) is 3.13. The van der Waals surface area contributed by atoms with Crippen LogP contribution in [0.25, 0.3) is 10.8 Å². The Morgan fingerprint density at radius 1 is 1.17 bits per heavy atom. The maximum atomic E-state index is 11.6. The largest absolute Gasteiger partial charge is 0.425 e. The van der Waals surface area contributed by atoms with Crippen LogP contribution in [-0.2, 0) is 4.79 Å². The van der Waals surface area contributed by atoms with Gasteiger partial charge in [-0.25, -0.2) is 0 Å². The molecule has 1 N–H and O–H groups in total. The maximum absolute atomic E-state index is 11.6. The molecule has 0 saturated heterocycles. The Balaban J connectivity index is 2.09. The summed E-state index contributed by atoms with van der Waals surface area (Å²) in [4.78, 5) is 11.6. The maximum Gasteiger partial charge on any atom is 0.325 e. The molecule has 2 aromatic carbocycles. The lowest BCUT2D eigenvalue weighted by Crippen LogP contribution is -2.27. The van der Waals surface area contributed by atoms with Gasteiger partial charge in [-0.1, -0.05) is 43.3 Å². The summed E-state index contributed by atoms with van der Waals surface area (Å²) in [6, 6.07) is 13.6. The average molecular weight is 243 g/mol. The van der Waals surface area contributed by atoms with Crippen LogP contribution in [0.15, 0.2) is 42.5 Å². The van der Waals surface area contributed by atoms with E-state index in [-0.39, 0.29) is 12.5 Å². The molecule has 3 heteroatoms. The Morgan fingerprint density at radius 3 is 2.78 bits per heavy atom. The summed E-state index contributed by atoms with van der Waals surface area (Å²) in [7, 11) is 0. The van der Waals surface area contributed by atoms with Crippen molar-refractivity contribution in [1.82, 2.24) is 5.32 Å². The van der Waals surface area contributed by atoms with Crippen LogP contribution in [0.3, 0.4) is 0 Å². The fraction of sp³-hybridized carbons (Fsp3) is 0.267. The van der Waals surface area contributed by atoms with Crippen LogP contribution in [0.4, 0.5) is 0 Å². The van der Waals surface area contributed by atoms with Crippen molar-refractivity contribution in [2.75, 3.05) is 13.1 Å². The minimum atomic E-state index is -0.250. The van der Waals surface area contributed by atoms with Crippen LogP contribution in [-0.4, -0.2) is 19.1 Å². The molecule has 0 aliphatic heterocycles. The van der Waals surface area contributed by atoms with Gasteiger partial charge in [0.2, 0.25) is 0 Å². The van der Waals surface area contributed by atoms with E-state index in [1.807, 2.05) is 42.5 Å². The molecule has 2 rings (SSSR count). The molecule has 0 aromatic heterocycles. The highest BCUT2D eigenvalue weighted by atomic mass is 16.5. The molecule has 0 radical (unpaired) electrons. The number of carbonyl (C=O) groups excluding carboxylic acids is 1. The number of carbonyl (C=O) groups is 1. The fourth-order valence-electron chi connectivity index (χ4n) is 1.81. The Morgan fingerprint density at radius 2 is 1.94 bits per heavy atom. The van der Waals surface area contributed by atoms with Gasteiger partial charge in [0, 0.05) is 5.39 Å². The lowest BCUT2D eigenvalue weighted by atomic mass is 10.1. The van der Waals surface area contributed by atoms with Gasteiger partial charge in [0.1, 0.15) is 5.75 Å². The number of ether oxygens (including phenoxy) is 1. The summed E-state index contributed by atoms with van der Waals surface area (Å²) < 4.78 is 5.37. The van der Waals surface area contributed by atoms with Crippen molar-refractivity contribution in [2.45, 2.75) is 13.3 Å². The monoisotopic (exact) mass is 243 g/mol. The molecule has 0 fully saturated rings. The van der Waals surface area contributed by atoms with E-state index in [0.29, 0.717) is 5.75 Å². The Bertz CT molecular complexity index is 532. The standard InChI is InChI=1S/C15H17NO2/c1-2-10-16-11-15(17)18-14-9-5-7-12-6-3-4-8-13(12)14/h3-9,16H,2,10-11H2,1H3. The van der Waals surface area contributed by atoms with Gasteiger partial charge in [-0.05, 0) is 24.4 Å². The topological polar surface area (TPSA) is 38.3 Å². The highest BCUT2D eigenvalue weighted by Gasteiger charge is 2.06. The SMILES string of the molecule is CCCNCC(=O)Oc1cccc2ccccc12. The van der Waals surface area contributed by atoms with E-state index in [1.54, 1.807) is 0 Å². The van der Waals surface area contributed by atoms with E-state index in [9.17, 15) is 4.79 Å². The fourth-order valence-corrected chi connectivity index (χ4v) is 1.81. The molecule has 0 heterocycles. The van der Waals surface area contributed by atoms with Crippen molar-refractivity contribution in [3.05, 3.63) is 42.5 Å². The minimum Gasteiger partial charge on any atom is -0.425 e. The van der Waals surface area contributed by atoms with Gasteiger partial charge in [0.25, 0.3) is 0 Å². The van der Waals surface area contributed by atoms with Gasteiger partial charge in [-0.15, -0.1) is 0 Å². The van der Waals surface area contributed by atoms with Crippen molar-refractivity contribution in [2.24, 2.45) is 0 Å². The zero-order valence-corrected chi connectivity index (χ0v) is 10.5. The number of benzene rings is 2. The van der Waals surface area contributed by atoms with E-state index in [1.165, 1.54) is 0 Å².